The van der Waals surface area contributed by atoms with Gasteiger partial charge in [-0.25, -0.2) is 0 Å². The second-order valence-corrected chi connectivity index (χ2v) is 35.0. The first-order chi connectivity index (χ1) is 27.2. The SMILES string of the molecule is CC(C)c1cc(C(C)C)[c]([Ge@]2([C](C)(C)C)[O]C3([C]2=[As]c2c(C(C)(C)C)cc(C(C)(C)C)cc2C(C)(C)C)c2ccccc2-c2ccccc23)c(C(C)C)c1.CCOCC. The van der Waals surface area contributed by atoms with E-state index in [0.717, 1.165) is 13.2 Å². The summed E-state index contributed by atoms with van der Waals surface area (Å²) in [6.45, 7) is 49.5. The van der Waals surface area contributed by atoms with E-state index in [1.807, 2.05) is 13.8 Å². The van der Waals surface area contributed by atoms with Crippen molar-refractivity contribution >= 4 is 40.8 Å². The molecule has 6 rings (SSSR count). The van der Waals surface area contributed by atoms with Crippen LogP contribution in [0.2, 0.25) is 4.25 Å². The van der Waals surface area contributed by atoms with Gasteiger partial charge in [0.2, 0.25) is 0 Å². The first-order valence-electron chi connectivity index (χ1n) is 22.6. The summed E-state index contributed by atoms with van der Waals surface area (Å²) < 4.78 is 18.2. The summed E-state index contributed by atoms with van der Waals surface area (Å²) >= 11 is -4.19. The van der Waals surface area contributed by atoms with Crippen molar-refractivity contribution in [2.75, 3.05) is 13.2 Å². The zero-order valence-corrected chi connectivity index (χ0v) is 44.8. The summed E-state index contributed by atoms with van der Waals surface area (Å²) in [4.78, 5) is 0. The van der Waals surface area contributed by atoms with Gasteiger partial charge in [-0.2, -0.15) is 0 Å². The van der Waals surface area contributed by atoms with Crippen LogP contribution in [-0.4, -0.2) is 45.3 Å². The van der Waals surface area contributed by atoms with Crippen molar-refractivity contribution in [2.45, 2.75) is 182 Å². The Kier molecular flexibility index (Phi) is 13.9. The molecule has 0 aromatic heterocycles. The van der Waals surface area contributed by atoms with Crippen molar-refractivity contribution in [3.63, 3.8) is 0 Å². The summed E-state index contributed by atoms with van der Waals surface area (Å²) in [5, 5.41) is 0. The maximum Gasteiger partial charge on any atom is 0.0437 e. The van der Waals surface area contributed by atoms with Gasteiger partial charge in [-0.1, -0.05) is 0 Å². The van der Waals surface area contributed by atoms with Gasteiger partial charge in [0.05, 0.1) is 0 Å². The van der Waals surface area contributed by atoms with Crippen LogP contribution in [0, 0.1) is 0 Å². The zero-order chi connectivity index (χ0) is 44.3. The topological polar surface area (TPSA) is 18.5 Å². The molecule has 4 aromatic rings. The molecule has 1 spiro atoms. The molecule has 1 aliphatic heterocycles. The molecule has 1 fully saturated rings. The van der Waals surface area contributed by atoms with Gasteiger partial charge in [-0.3, -0.25) is 0 Å². The van der Waals surface area contributed by atoms with E-state index in [2.05, 4.69) is 197 Å². The largest absolute Gasteiger partial charge is 0.382 e. The van der Waals surface area contributed by atoms with Gasteiger partial charge in [-0.05, 0) is 13.8 Å². The van der Waals surface area contributed by atoms with Crippen molar-refractivity contribution in [1.29, 1.82) is 0 Å². The van der Waals surface area contributed by atoms with Crippen LogP contribution in [0.5, 0.6) is 0 Å². The molecule has 320 valence electrons. The van der Waals surface area contributed by atoms with E-state index in [9.17, 15) is 0 Å². The number of hydrogen-bond acceptors (Lipinski definition) is 2. The first kappa shape index (κ1) is 47.8. The molecule has 1 aliphatic carbocycles. The monoisotopic (exact) mass is 920 g/mol. The van der Waals surface area contributed by atoms with E-state index in [0.29, 0.717) is 17.8 Å². The van der Waals surface area contributed by atoms with E-state index in [1.54, 1.807) is 11.9 Å². The predicted molar refractivity (Wildman–Crippen MR) is 263 cm³/mol. The van der Waals surface area contributed by atoms with Gasteiger partial charge < -0.3 is 4.74 Å². The summed E-state index contributed by atoms with van der Waals surface area (Å²) in [6.07, 6.45) is 0. The Morgan fingerprint density at radius 1 is 0.593 bits per heavy atom. The van der Waals surface area contributed by atoms with Crippen LogP contribution in [0.1, 0.15) is 201 Å². The van der Waals surface area contributed by atoms with Crippen LogP contribution in [-0.2, 0) is 30.3 Å². The number of benzene rings is 4. The Morgan fingerprint density at radius 3 is 1.34 bits per heavy atom. The van der Waals surface area contributed by atoms with E-state index in [4.69, 9.17) is 8.50 Å². The fourth-order valence-corrected chi connectivity index (χ4v) is 32.8. The molecule has 1 saturated heterocycles. The third kappa shape index (κ3) is 8.62. The minimum Gasteiger partial charge on any atom is -0.382 e. The smallest absolute Gasteiger partial charge is 0.0437 e. The van der Waals surface area contributed by atoms with Crippen molar-refractivity contribution in [1.82, 2.24) is 0 Å². The van der Waals surface area contributed by atoms with Gasteiger partial charge in [-0.15, -0.1) is 0 Å². The molecule has 0 bridgehead atoms. The average molecular weight is 920 g/mol. The molecule has 0 N–H and O–H groups in total. The van der Waals surface area contributed by atoms with Gasteiger partial charge >= 0.3 is 341 Å². The number of hydrogen-bond donors (Lipinski definition) is 0. The summed E-state index contributed by atoms with van der Waals surface area (Å²) in [6, 6.07) is 28.8. The fourth-order valence-electron chi connectivity index (χ4n) is 9.31. The molecule has 0 unspecified atom stereocenters. The molecule has 1 atom stereocenters. The molecule has 4 heteroatoms. The van der Waals surface area contributed by atoms with E-state index in [1.165, 1.54) is 55.6 Å². The van der Waals surface area contributed by atoms with Crippen molar-refractivity contribution in [3.05, 3.63) is 117 Å². The van der Waals surface area contributed by atoms with Crippen LogP contribution in [0.25, 0.3) is 11.1 Å². The average Bonchev–Trinajstić information content (AvgIpc) is 3.42. The maximum absolute atomic E-state index is 8.45. The predicted octanol–water partition coefficient (Wildman–Crippen LogP) is 13.6. The van der Waals surface area contributed by atoms with Crippen molar-refractivity contribution in [3.8, 4) is 11.1 Å². The summed E-state index contributed by atoms with van der Waals surface area (Å²) in [5.41, 5.74) is 13.9. The second-order valence-electron chi connectivity index (χ2n) is 22.3. The molecule has 0 amide bonds. The fraction of sp³-hybridized carbons (Fsp3) is 0.545. The van der Waals surface area contributed by atoms with E-state index >= 15 is 0 Å². The maximum atomic E-state index is 8.45. The Bertz CT molecular complexity index is 2060. The van der Waals surface area contributed by atoms with E-state index in [-0.39, 0.29) is 20.5 Å². The summed E-state index contributed by atoms with van der Waals surface area (Å²) in [5.74, 6) is 1.25. The Hall–Kier alpha value is -2.23. The quantitative estimate of drug-likeness (QED) is 0.172. The minimum absolute atomic E-state index is 0.0153. The first-order valence-corrected chi connectivity index (χ1v) is 28.5. The minimum atomic E-state index is -3.75. The van der Waals surface area contributed by atoms with Gasteiger partial charge in [0.1, 0.15) is 0 Å². The molecule has 4 aromatic carbocycles. The molecule has 0 saturated carbocycles. The van der Waals surface area contributed by atoms with Gasteiger partial charge in [0.25, 0.3) is 0 Å². The second kappa shape index (κ2) is 17.1. The zero-order valence-electron chi connectivity index (χ0n) is 40.8. The molecule has 59 heavy (non-hydrogen) atoms. The number of ether oxygens (including phenoxy) is 1. The van der Waals surface area contributed by atoms with Crippen LogP contribution < -0.4 is 8.75 Å². The standard InChI is InChI=1S/C51H69AsGeO.C4H10O/c1-31(2)34-27-38(32(3)4)45(39(28-34)33(5)6)53(50(16,17)18)46(51(54-53)40-25-21-19-23-36(40)37-24-20-22-26-41(37)51)52-44-42(48(10,11)12)29-35(47(7,8)9)30-43(44)49(13,14)15;1-3-5-4-2/h19-33H,1-18H3;3-4H2,1-2H3/t53-;/m0./s1. The van der Waals surface area contributed by atoms with Crippen LogP contribution in [0.4, 0.5) is 0 Å². The Balaban J connectivity index is 0.00000125. The van der Waals surface area contributed by atoms with Crippen LogP contribution >= 0.6 is 0 Å². The molecular weight excluding hydrogens is 840 g/mol. The third-order valence-corrected chi connectivity index (χ3v) is 30.4. The van der Waals surface area contributed by atoms with Gasteiger partial charge in [0.15, 0.2) is 0 Å². The third-order valence-electron chi connectivity index (χ3n) is 12.6. The Labute approximate surface area is 371 Å². The molecule has 1 heterocycles. The van der Waals surface area contributed by atoms with Crippen molar-refractivity contribution < 1.29 is 8.50 Å². The molecule has 0 radical (unpaired) electrons. The van der Waals surface area contributed by atoms with Crippen LogP contribution in [0.3, 0.4) is 0 Å². The van der Waals surface area contributed by atoms with Crippen molar-refractivity contribution in [2.24, 2.45) is 0 Å². The van der Waals surface area contributed by atoms with E-state index < -0.39 is 34.5 Å². The molecule has 2 nitrogen and oxygen atoms in total. The normalized spacial score (nSPS) is 18.3. The number of fused-ring (bicyclic) bond motifs is 5. The number of rotatable bonds is 7. The Morgan fingerprint density at radius 2 is 1.02 bits per heavy atom. The van der Waals surface area contributed by atoms with Crippen LogP contribution in [0.15, 0.2) is 72.8 Å². The van der Waals surface area contributed by atoms with Gasteiger partial charge in [0, 0.05) is 13.2 Å². The summed E-state index contributed by atoms with van der Waals surface area (Å²) in [7, 11) is 0. The molecular formula is C55H79AsGeO2. The molecule has 2 aliphatic rings.